The molecule has 122 valence electrons. The molecule has 0 aliphatic heterocycles. The smallest absolute Gasteiger partial charge is 0.218 e. The van der Waals surface area contributed by atoms with Crippen LogP contribution in [0.2, 0.25) is 5.02 Å². The van der Waals surface area contributed by atoms with E-state index >= 15 is 0 Å². The van der Waals surface area contributed by atoms with Crippen molar-refractivity contribution in [1.82, 2.24) is 9.78 Å². The van der Waals surface area contributed by atoms with Crippen LogP contribution in [0.15, 0.2) is 48.7 Å². The molecule has 4 nitrogen and oxygen atoms in total. The van der Waals surface area contributed by atoms with Gasteiger partial charge in [-0.2, -0.15) is 5.10 Å². The lowest BCUT2D eigenvalue weighted by Crippen LogP contribution is -2.15. The minimum absolute atomic E-state index is 0.377. The number of hydrogen-bond acceptors (Lipinski definition) is 2. The molecule has 6 heteroatoms. The van der Waals surface area contributed by atoms with E-state index in [1.807, 2.05) is 6.92 Å². The number of rotatable bonds is 4. The molecule has 3 rings (SSSR count). The van der Waals surface area contributed by atoms with E-state index in [-0.39, 0.29) is 5.82 Å². The molecule has 24 heavy (non-hydrogen) atoms. The highest BCUT2D eigenvalue weighted by Crippen LogP contribution is 2.36. The van der Waals surface area contributed by atoms with Crippen molar-refractivity contribution in [2.45, 2.75) is 6.92 Å². The average Bonchev–Trinajstić information content (AvgIpc) is 2.89. The Kier molecular flexibility index (Phi) is 4.36. The van der Waals surface area contributed by atoms with Gasteiger partial charge in [-0.1, -0.05) is 23.7 Å². The van der Waals surface area contributed by atoms with Crippen molar-refractivity contribution in [3.05, 3.63) is 65.2 Å². The van der Waals surface area contributed by atoms with Crippen LogP contribution in [0.5, 0.6) is 0 Å². The molecule has 0 saturated carbocycles. The lowest BCUT2D eigenvalue weighted by atomic mass is 10.0. The summed E-state index contributed by atoms with van der Waals surface area (Å²) in [6, 6.07) is 11.4. The first-order valence-electron chi connectivity index (χ1n) is 7.30. The molecular formula is C18H15ClFN3O. The van der Waals surface area contributed by atoms with Gasteiger partial charge < -0.3 is 0 Å². The number of carbonyl (C=O) groups excluding carboxylic acids is 1. The number of halogens is 2. The second-order valence-corrected chi connectivity index (χ2v) is 5.85. The molecule has 0 spiro atoms. The number of amides is 1. The highest BCUT2D eigenvalue weighted by molar-refractivity contribution is 6.30. The van der Waals surface area contributed by atoms with E-state index in [0.29, 0.717) is 34.1 Å². The number of carbonyl (C=O) groups is 1. The summed E-state index contributed by atoms with van der Waals surface area (Å²) in [7, 11) is 1.78. The quantitative estimate of drug-likeness (QED) is 0.655. The van der Waals surface area contributed by atoms with Gasteiger partial charge in [0.05, 0.1) is 17.1 Å². The SMILES string of the molecule is Cc1nn(C)cc1N(C=O)c1ccc(F)cc1-c1ccc(Cl)cc1. The van der Waals surface area contributed by atoms with E-state index in [0.717, 1.165) is 5.56 Å². The molecule has 0 aliphatic rings. The number of aromatic nitrogens is 2. The Morgan fingerprint density at radius 1 is 1.17 bits per heavy atom. The van der Waals surface area contributed by atoms with Crippen LogP contribution in [0, 0.1) is 12.7 Å². The number of nitrogens with zero attached hydrogens (tertiary/aromatic N) is 3. The van der Waals surface area contributed by atoms with Crippen molar-refractivity contribution in [1.29, 1.82) is 0 Å². The largest absolute Gasteiger partial charge is 0.280 e. The second-order valence-electron chi connectivity index (χ2n) is 5.42. The molecule has 0 atom stereocenters. The first-order chi connectivity index (χ1) is 11.5. The van der Waals surface area contributed by atoms with Crippen LogP contribution in [0.1, 0.15) is 5.69 Å². The molecule has 3 aromatic rings. The summed E-state index contributed by atoms with van der Waals surface area (Å²) in [5.74, 6) is -0.377. The van der Waals surface area contributed by atoms with Crippen molar-refractivity contribution in [3.63, 3.8) is 0 Å². The Hall–Kier alpha value is -2.66. The monoisotopic (exact) mass is 343 g/mol. The fourth-order valence-corrected chi connectivity index (χ4v) is 2.77. The minimum atomic E-state index is -0.377. The Morgan fingerprint density at radius 2 is 1.88 bits per heavy atom. The second kappa shape index (κ2) is 6.45. The molecule has 0 N–H and O–H groups in total. The molecular weight excluding hydrogens is 329 g/mol. The first-order valence-corrected chi connectivity index (χ1v) is 7.67. The zero-order valence-electron chi connectivity index (χ0n) is 13.2. The summed E-state index contributed by atoms with van der Waals surface area (Å²) >= 11 is 5.93. The van der Waals surface area contributed by atoms with Gasteiger partial charge >= 0.3 is 0 Å². The predicted octanol–water partition coefficient (Wildman–Crippen LogP) is 4.48. The third-order valence-electron chi connectivity index (χ3n) is 3.73. The van der Waals surface area contributed by atoms with Crippen LogP contribution in [0.25, 0.3) is 11.1 Å². The summed E-state index contributed by atoms with van der Waals surface area (Å²) in [4.78, 5) is 13.2. The van der Waals surface area contributed by atoms with Gasteiger partial charge in [-0.3, -0.25) is 14.4 Å². The van der Waals surface area contributed by atoms with E-state index in [1.165, 1.54) is 17.0 Å². The van der Waals surface area contributed by atoms with Crippen LogP contribution in [0.4, 0.5) is 15.8 Å². The molecule has 2 aromatic carbocycles. The van der Waals surface area contributed by atoms with Gasteiger partial charge in [0.1, 0.15) is 5.82 Å². The summed E-state index contributed by atoms with van der Waals surface area (Å²) in [6.45, 7) is 1.82. The van der Waals surface area contributed by atoms with Crippen molar-refractivity contribution >= 4 is 29.4 Å². The fraction of sp³-hybridized carbons (Fsp3) is 0.111. The Morgan fingerprint density at radius 3 is 2.46 bits per heavy atom. The lowest BCUT2D eigenvalue weighted by Gasteiger charge is -2.20. The highest BCUT2D eigenvalue weighted by Gasteiger charge is 2.18. The van der Waals surface area contributed by atoms with Gasteiger partial charge in [0.15, 0.2) is 0 Å². The molecule has 0 unspecified atom stereocenters. The summed E-state index contributed by atoms with van der Waals surface area (Å²) in [5.41, 5.74) is 3.29. The van der Waals surface area contributed by atoms with Gasteiger partial charge in [-0.15, -0.1) is 0 Å². The number of benzene rings is 2. The van der Waals surface area contributed by atoms with Gasteiger partial charge in [0.25, 0.3) is 0 Å². The molecule has 1 amide bonds. The molecule has 0 radical (unpaired) electrons. The van der Waals surface area contributed by atoms with E-state index in [1.54, 1.807) is 48.3 Å². The summed E-state index contributed by atoms with van der Waals surface area (Å²) < 4.78 is 15.4. The zero-order chi connectivity index (χ0) is 17.3. The molecule has 0 bridgehead atoms. The molecule has 1 aromatic heterocycles. The standard InChI is InChI=1S/C18H15ClFN3O/c1-12-18(10-22(2)21-12)23(11-24)17-8-7-15(20)9-16(17)13-3-5-14(19)6-4-13/h3-11H,1-2H3. The Balaban J connectivity index is 2.18. The van der Waals surface area contributed by atoms with E-state index in [9.17, 15) is 9.18 Å². The minimum Gasteiger partial charge on any atom is -0.280 e. The normalized spacial score (nSPS) is 10.7. The third-order valence-corrected chi connectivity index (χ3v) is 3.98. The van der Waals surface area contributed by atoms with Crippen LogP contribution < -0.4 is 4.90 Å². The summed E-state index contributed by atoms with van der Waals surface area (Å²) in [6.07, 6.45) is 2.45. The number of aryl methyl sites for hydroxylation is 2. The van der Waals surface area contributed by atoms with Gasteiger partial charge in [0.2, 0.25) is 6.41 Å². The van der Waals surface area contributed by atoms with Crippen LogP contribution >= 0.6 is 11.6 Å². The van der Waals surface area contributed by atoms with Crippen molar-refractivity contribution in [2.75, 3.05) is 4.90 Å². The third kappa shape index (κ3) is 3.03. The van der Waals surface area contributed by atoms with Gasteiger partial charge in [-0.05, 0) is 42.8 Å². The van der Waals surface area contributed by atoms with Crippen LogP contribution in [-0.2, 0) is 11.8 Å². The van der Waals surface area contributed by atoms with Gasteiger partial charge in [0, 0.05) is 23.8 Å². The Labute approximate surface area is 144 Å². The number of hydrogen-bond donors (Lipinski definition) is 0. The van der Waals surface area contributed by atoms with Crippen LogP contribution in [-0.4, -0.2) is 16.2 Å². The molecule has 0 saturated heterocycles. The fourth-order valence-electron chi connectivity index (χ4n) is 2.65. The van der Waals surface area contributed by atoms with Gasteiger partial charge in [-0.25, -0.2) is 4.39 Å². The average molecular weight is 344 g/mol. The van der Waals surface area contributed by atoms with E-state index in [4.69, 9.17) is 11.6 Å². The first kappa shape index (κ1) is 16.2. The lowest BCUT2D eigenvalue weighted by molar-refractivity contribution is -0.106. The maximum atomic E-state index is 13.8. The number of anilines is 2. The Bertz CT molecular complexity index is 890. The molecule has 0 aliphatic carbocycles. The summed E-state index contributed by atoms with van der Waals surface area (Å²) in [5, 5.41) is 4.85. The van der Waals surface area contributed by atoms with Crippen molar-refractivity contribution in [3.8, 4) is 11.1 Å². The zero-order valence-corrected chi connectivity index (χ0v) is 14.0. The topological polar surface area (TPSA) is 38.1 Å². The van der Waals surface area contributed by atoms with Crippen LogP contribution in [0.3, 0.4) is 0 Å². The van der Waals surface area contributed by atoms with E-state index in [2.05, 4.69) is 5.10 Å². The van der Waals surface area contributed by atoms with Crippen molar-refractivity contribution < 1.29 is 9.18 Å². The predicted molar refractivity (Wildman–Crippen MR) is 93.0 cm³/mol. The maximum absolute atomic E-state index is 13.8. The van der Waals surface area contributed by atoms with Crippen molar-refractivity contribution in [2.24, 2.45) is 7.05 Å². The highest BCUT2D eigenvalue weighted by atomic mass is 35.5. The molecule has 0 fully saturated rings. The maximum Gasteiger partial charge on any atom is 0.218 e. The molecule has 1 heterocycles. The van der Waals surface area contributed by atoms with E-state index < -0.39 is 0 Å².